The van der Waals surface area contributed by atoms with E-state index in [1.807, 2.05) is 199 Å². The minimum absolute atomic E-state index is 0.211. The number of alkyl halides is 3. The standard InChI is InChI=1S/C49H34F3N3O3S2/c50-49(51,52)60(56,57)58-44-34-33-42(54(37-23-11-3-12-24-37)38-25-13-4-14-26-38)46-45-41(53(35-19-7-1-8-20-35)36-21-9-2-10-22-36)31-32-43(47(45)59-48(44)46)55(39-27-15-5-16-28-39)40-29-17-6-18-30-40/h1-34H. The molecule has 0 unspecified atom stereocenters. The maximum absolute atomic E-state index is 14.1. The maximum Gasteiger partial charge on any atom is 0.534 e. The monoisotopic (exact) mass is 833 g/mol. The van der Waals surface area contributed by atoms with Crippen LogP contribution < -0.4 is 18.9 Å². The van der Waals surface area contributed by atoms with E-state index in [4.69, 9.17) is 4.18 Å². The molecule has 9 aromatic rings. The Balaban J connectivity index is 1.48. The summed E-state index contributed by atoms with van der Waals surface area (Å²) in [6.45, 7) is 0. The van der Waals surface area contributed by atoms with Gasteiger partial charge in [0.15, 0.2) is 5.75 Å². The molecule has 0 bridgehead atoms. The highest BCUT2D eigenvalue weighted by Crippen LogP contribution is 2.56. The van der Waals surface area contributed by atoms with E-state index in [1.165, 1.54) is 17.4 Å². The number of hydrogen-bond donors (Lipinski definition) is 0. The lowest BCUT2D eigenvalue weighted by atomic mass is 10.0. The van der Waals surface area contributed by atoms with Crippen molar-refractivity contribution in [3.8, 4) is 5.75 Å². The minimum Gasteiger partial charge on any atom is -0.374 e. The van der Waals surface area contributed by atoms with Gasteiger partial charge in [-0.2, -0.15) is 21.6 Å². The molecule has 0 amide bonds. The van der Waals surface area contributed by atoms with E-state index in [-0.39, 0.29) is 4.70 Å². The Labute approximate surface area is 349 Å². The Morgan fingerprint density at radius 3 is 1.00 bits per heavy atom. The van der Waals surface area contributed by atoms with Crippen molar-refractivity contribution in [2.45, 2.75) is 5.51 Å². The first kappa shape index (κ1) is 38.4. The number of thiophene rings is 1. The van der Waals surface area contributed by atoms with Gasteiger partial charge in [0.2, 0.25) is 0 Å². The van der Waals surface area contributed by atoms with Crippen molar-refractivity contribution in [3.63, 3.8) is 0 Å². The Kier molecular flexibility index (Phi) is 10.2. The summed E-state index contributed by atoms with van der Waals surface area (Å²) >= 11 is 1.18. The number of rotatable bonds is 11. The zero-order valence-corrected chi connectivity index (χ0v) is 33.3. The lowest BCUT2D eigenvalue weighted by molar-refractivity contribution is -0.0499. The van der Waals surface area contributed by atoms with Crippen LogP contribution in [-0.4, -0.2) is 13.9 Å². The third-order valence-electron chi connectivity index (χ3n) is 9.96. The van der Waals surface area contributed by atoms with Gasteiger partial charge in [0.25, 0.3) is 0 Å². The maximum atomic E-state index is 14.1. The number of benzene rings is 8. The molecule has 1 aromatic heterocycles. The summed E-state index contributed by atoms with van der Waals surface area (Å²) in [4.78, 5) is 6.22. The largest absolute Gasteiger partial charge is 0.534 e. The van der Waals surface area contributed by atoms with E-state index in [2.05, 4.69) is 9.80 Å². The van der Waals surface area contributed by atoms with E-state index in [9.17, 15) is 21.6 Å². The van der Waals surface area contributed by atoms with Gasteiger partial charge in [0, 0.05) is 44.9 Å². The number of fused-ring (bicyclic) bond motifs is 3. The number of nitrogens with zero attached hydrogens (tertiary/aromatic N) is 3. The minimum atomic E-state index is -6.07. The van der Waals surface area contributed by atoms with Crippen LogP contribution in [0.2, 0.25) is 0 Å². The predicted octanol–water partition coefficient (Wildman–Crippen LogP) is 14.7. The van der Waals surface area contributed by atoms with Crippen molar-refractivity contribution < 1.29 is 25.8 Å². The number of hydrogen-bond acceptors (Lipinski definition) is 7. The van der Waals surface area contributed by atoms with Crippen LogP contribution in [0, 0.1) is 0 Å². The molecule has 9 rings (SSSR count). The summed E-state index contributed by atoms with van der Waals surface area (Å²) in [6.07, 6.45) is 0. The molecule has 8 aromatic carbocycles. The second-order valence-electron chi connectivity index (χ2n) is 13.7. The first-order valence-electron chi connectivity index (χ1n) is 18.9. The topological polar surface area (TPSA) is 53.1 Å². The molecule has 0 radical (unpaired) electrons. The zero-order valence-electron chi connectivity index (χ0n) is 31.6. The Morgan fingerprint density at radius 2 is 0.667 bits per heavy atom. The van der Waals surface area contributed by atoms with Gasteiger partial charge in [-0.1, -0.05) is 109 Å². The van der Waals surface area contributed by atoms with E-state index >= 15 is 0 Å². The summed E-state index contributed by atoms with van der Waals surface area (Å²) in [5.41, 5.74) is 1.23. The fourth-order valence-electron chi connectivity index (χ4n) is 7.43. The molecule has 0 spiro atoms. The Hall–Kier alpha value is -7.08. The average molecular weight is 834 g/mol. The molecule has 0 aliphatic carbocycles. The molecule has 296 valence electrons. The number of halogens is 3. The molecule has 11 heteroatoms. The quantitative estimate of drug-likeness (QED) is 0.0956. The molecule has 0 aliphatic rings. The Morgan fingerprint density at radius 1 is 0.383 bits per heavy atom. The van der Waals surface area contributed by atoms with Gasteiger partial charge in [-0.25, -0.2) is 0 Å². The number of para-hydroxylation sites is 6. The van der Waals surface area contributed by atoms with Gasteiger partial charge in [0.05, 0.1) is 26.5 Å². The second kappa shape index (κ2) is 15.9. The molecule has 0 N–H and O–H groups in total. The average Bonchev–Trinajstić information content (AvgIpc) is 3.69. The van der Waals surface area contributed by atoms with Gasteiger partial charge in [0.1, 0.15) is 0 Å². The highest BCUT2D eigenvalue weighted by atomic mass is 32.2. The van der Waals surface area contributed by atoms with Gasteiger partial charge in [-0.05, 0) is 97.1 Å². The first-order chi connectivity index (χ1) is 29.2. The van der Waals surface area contributed by atoms with Gasteiger partial charge in [-0.3, -0.25) is 0 Å². The summed E-state index contributed by atoms with van der Waals surface area (Å²) in [5, 5.41) is 1.16. The highest BCUT2D eigenvalue weighted by Gasteiger charge is 2.49. The highest BCUT2D eigenvalue weighted by molar-refractivity contribution is 7.88. The molecule has 0 saturated carbocycles. The third-order valence-corrected chi connectivity index (χ3v) is 12.2. The molecule has 0 fully saturated rings. The van der Waals surface area contributed by atoms with Crippen LogP contribution in [0.1, 0.15) is 0 Å². The van der Waals surface area contributed by atoms with E-state index < -0.39 is 21.4 Å². The lowest BCUT2D eigenvalue weighted by Gasteiger charge is -2.30. The predicted molar refractivity (Wildman–Crippen MR) is 239 cm³/mol. The summed E-state index contributed by atoms with van der Waals surface area (Å²) in [5.74, 6) is -0.442. The first-order valence-corrected chi connectivity index (χ1v) is 21.2. The van der Waals surface area contributed by atoms with Crippen LogP contribution in [-0.2, 0) is 10.1 Å². The van der Waals surface area contributed by atoms with Crippen LogP contribution in [0.4, 0.5) is 64.4 Å². The summed E-state index contributed by atoms with van der Waals surface area (Å²) in [6, 6.07) is 65.4. The van der Waals surface area contributed by atoms with Gasteiger partial charge >= 0.3 is 15.6 Å². The van der Waals surface area contributed by atoms with Crippen molar-refractivity contribution in [2.24, 2.45) is 0 Å². The number of anilines is 9. The van der Waals surface area contributed by atoms with Crippen LogP contribution in [0.5, 0.6) is 5.75 Å². The molecule has 1 heterocycles. The second-order valence-corrected chi connectivity index (χ2v) is 16.3. The smallest absolute Gasteiger partial charge is 0.374 e. The SMILES string of the molecule is O=S(=O)(Oc1ccc(N(c2ccccc2)c2ccccc2)c2c1sc1c(N(c3ccccc3)c3ccccc3)ccc(N(c3ccccc3)c3ccccc3)c12)C(F)(F)F. The van der Waals surface area contributed by atoms with Crippen molar-refractivity contribution in [2.75, 3.05) is 14.7 Å². The van der Waals surface area contributed by atoms with Crippen molar-refractivity contribution in [1.82, 2.24) is 0 Å². The van der Waals surface area contributed by atoms with E-state index in [0.29, 0.717) is 26.8 Å². The van der Waals surface area contributed by atoms with Gasteiger partial charge in [-0.15, -0.1) is 11.3 Å². The molecule has 0 aliphatic heterocycles. The molecule has 60 heavy (non-hydrogen) atoms. The van der Waals surface area contributed by atoms with Gasteiger partial charge < -0.3 is 18.9 Å². The van der Waals surface area contributed by atoms with E-state index in [1.54, 1.807) is 6.07 Å². The van der Waals surface area contributed by atoms with Crippen LogP contribution in [0.25, 0.3) is 20.2 Å². The van der Waals surface area contributed by atoms with Crippen LogP contribution in [0.15, 0.2) is 206 Å². The molecular weight excluding hydrogens is 800 g/mol. The van der Waals surface area contributed by atoms with Crippen molar-refractivity contribution in [3.05, 3.63) is 206 Å². The molecule has 0 atom stereocenters. The molecule has 0 saturated heterocycles. The Bertz CT molecular complexity index is 2890. The normalized spacial score (nSPS) is 11.7. The fourth-order valence-corrected chi connectivity index (χ4v) is 9.25. The molecular formula is C49H34F3N3O3S2. The lowest BCUT2D eigenvalue weighted by Crippen LogP contribution is -2.28. The van der Waals surface area contributed by atoms with Crippen molar-refractivity contribution >= 4 is 92.8 Å². The third kappa shape index (κ3) is 7.18. The van der Waals surface area contributed by atoms with Crippen LogP contribution >= 0.6 is 11.3 Å². The summed E-state index contributed by atoms with van der Waals surface area (Å²) in [7, 11) is -6.07. The van der Waals surface area contributed by atoms with Crippen molar-refractivity contribution in [1.29, 1.82) is 0 Å². The fraction of sp³-hybridized carbons (Fsp3) is 0.0204. The molecule has 6 nitrogen and oxygen atoms in total. The van der Waals surface area contributed by atoms with E-state index in [0.717, 1.165) is 39.8 Å². The summed E-state index contributed by atoms with van der Waals surface area (Å²) < 4.78 is 74.1. The zero-order chi connectivity index (χ0) is 41.3. The van der Waals surface area contributed by atoms with Crippen LogP contribution in [0.3, 0.4) is 0 Å².